The van der Waals surface area contributed by atoms with Crippen molar-refractivity contribution in [2.75, 3.05) is 10.6 Å². The van der Waals surface area contributed by atoms with Crippen molar-refractivity contribution >= 4 is 17.5 Å². The van der Waals surface area contributed by atoms with Gasteiger partial charge >= 0.3 is 0 Å². The number of hydrogen-bond donors (Lipinski definition) is 3. The highest BCUT2D eigenvalue weighted by Gasteiger charge is 2.21. The predicted octanol–water partition coefficient (Wildman–Crippen LogP) is 3.61. The first-order valence-corrected chi connectivity index (χ1v) is 9.79. The number of nitrogens with two attached hydrogens (primary N) is 1. The number of rotatable bonds is 5. The summed E-state index contributed by atoms with van der Waals surface area (Å²) in [6.45, 7) is 2.07. The van der Waals surface area contributed by atoms with Gasteiger partial charge in [0.25, 0.3) is 0 Å². The van der Waals surface area contributed by atoms with E-state index in [2.05, 4.69) is 39.8 Å². The summed E-state index contributed by atoms with van der Waals surface area (Å²) in [4.78, 5) is 9.33. The minimum Gasteiger partial charge on any atom is -0.367 e. The fourth-order valence-electron chi connectivity index (χ4n) is 3.63. The second kappa shape index (κ2) is 7.98. The zero-order chi connectivity index (χ0) is 19.5. The lowest BCUT2D eigenvalue weighted by Crippen LogP contribution is -2.33. The standard InChI is InChI=1S/C21H27N7/c1-14-4-3-5-18(10-14)26-21-23-12-19(15-11-24-28(2)13-15)20(27-21)25-17-8-6-16(22)7-9-17/h3-5,10-13,16-17H,6-9,22H2,1-2H3,(H2,23,25,26,27). The molecule has 0 unspecified atom stereocenters. The van der Waals surface area contributed by atoms with E-state index in [0.29, 0.717) is 18.0 Å². The molecule has 0 radical (unpaired) electrons. The van der Waals surface area contributed by atoms with Gasteiger partial charge in [0.15, 0.2) is 0 Å². The minimum atomic E-state index is 0.319. The molecule has 4 N–H and O–H groups in total. The molecule has 0 bridgehead atoms. The van der Waals surface area contributed by atoms with Gasteiger partial charge in [0.1, 0.15) is 5.82 Å². The quantitative estimate of drug-likeness (QED) is 0.629. The van der Waals surface area contributed by atoms with Crippen molar-refractivity contribution in [3.63, 3.8) is 0 Å². The normalized spacial score (nSPS) is 19.4. The van der Waals surface area contributed by atoms with Crippen LogP contribution in [-0.4, -0.2) is 31.8 Å². The van der Waals surface area contributed by atoms with Crippen LogP contribution < -0.4 is 16.4 Å². The van der Waals surface area contributed by atoms with Crippen LogP contribution in [0.25, 0.3) is 11.1 Å². The molecule has 7 heteroatoms. The Hall–Kier alpha value is -2.93. The van der Waals surface area contributed by atoms with E-state index < -0.39 is 0 Å². The minimum absolute atomic E-state index is 0.319. The average molecular weight is 377 g/mol. The Labute approximate surface area is 165 Å². The molecule has 0 amide bonds. The highest BCUT2D eigenvalue weighted by molar-refractivity contribution is 5.75. The maximum absolute atomic E-state index is 6.06. The summed E-state index contributed by atoms with van der Waals surface area (Å²) in [6.07, 6.45) is 9.87. The lowest BCUT2D eigenvalue weighted by Gasteiger charge is -2.28. The average Bonchev–Trinajstić information content (AvgIpc) is 3.10. The first kappa shape index (κ1) is 18.4. The third kappa shape index (κ3) is 4.31. The van der Waals surface area contributed by atoms with Gasteiger partial charge in [0.05, 0.1) is 6.20 Å². The predicted molar refractivity (Wildman–Crippen MR) is 113 cm³/mol. The van der Waals surface area contributed by atoms with E-state index in [1.165, 1.54) is 5.56 Å². The number of hydrogen-bond acceptors (Lipinski definition) is 6. The fraction of sp³-hybridized carbons (Fsp3) is 0.381. The van der Waals surface area contributed by atoms with E-state index in [1.807, 2.05) is 37.8 Å². The van der Waals surface area contributed by atoms with Crippen molar-refractivity contribution in [1.82, 2.24) is 19.7 Å². The van der Waals surface area contributed by atoms with Crippen LogP contribution in [0.2, 0.25) is 0 Å². The molecule has 2 aromatic heterocycles. The van der Waals surface area contributed by atoms with E-state index in [4.69, 9.17) is 10.7 Å². The van der Waals surface area contributed by atoms with Crippen molar-refractivity contribution in [2.24, 2.45) is 12.8 Å². The van der Waals surface area contributed by atoms with Gasteiger partial charge in [-0.1, -0.05) is 12.1 Å². The maximum Gasteiger partial charge on any atom is 0.229 e. The van der Waals surface area contributed by atoms with Crippen LogP contribution in [0, 0.1) is 6.92 Å². The fourth-order valence-corrected chi connectivity index (χ4v) is 3.63. The highest BCUT2D eigenvalue weighted by Crippen LogP contribution is 2.30. The molecule has 1 saturated carbocycles. The Kier molecular flexibility index (Phi) is 5.25. The number of aromatic nitrogens is 4. The maximum atomic E-state index is 6.06. The molecular formula is C21H27N7. The molecule has 3 aromatic rings. The van der Waals surface area contributed by atoms with Crippen LogP contribution in [-0.2, 0) is 7.05 Å². The summed E-state index contributed by atoms with van der Waals surface area (Å²) in [7, 11) is 1.91. The molecule has 7 nitrogen and oxygen atoms in total. The zero-order valence-corrected chi connectivity index (χ0v) is 16.4. The molecule has 1 fully saturated rings. The summed E-state index contributed by atoms with van der Waals surface area (Å²) < 4.78 is 1.79. The Balaban J connectivity index is 1.62. The van der Waals surface area contributed by atoms with Crippen LogP contribution in [0.15, 0.2) is 42.9 Å². The van der Waals surface area contributed by atoms with Crippen molar-refractivity contribution in [1.29, 1.82) is 0 Å². The van der Waals surface area contributed by atoms with Crippen LogP contribution >= 0.6 is 0 Å². The smallest absolute Gasteiger partial charge is 0.229 e. The van der Waals surface area contributed by atoms with Crippen molar-refractivity contribution in [3.8, 4) is 11.1 Å². The Bertz CT molecular complexity index is 941. The summed E-state index contributed by atoms with van der Waals surface area (Å²) in [6, 6.07) is 8.87. The van der Waals surface area contributed by atoms with Gasteiger partial charge < -0.3 is 16.4 Å². The molecule has 0 spiro atoms. The molecular weight excluding hydrogens is 350 g/mol. The number of anilines is 3. The molecule has 28 heavy (non-hydrogen) atoms. The van der Waals surface area contributed by atoms with Crippen LogP contribution in [0.3, 0.4) is 0 Å². The zero-order valence-electron chi connectivity index (χ0n) is 16.4. The lowest BCUT2D eigenvalue weighted by molar-refractivity contribution is 0.410. The second-order valence-electron chi connectivity index (χ2n) is 7.61. The molecule has 0 atom stereocenters. The first-order valence-electron chi connectivity index (χ1n) is 9.79. The number of nitrogens with zero attached hydrogens (tertiary/aromatic N) is 4. The number of nitrogens with one attached hydrogen (secondary N) is 2. The molecule has 0 saturated heterocycles. The van der Waals surface area contributed by atoms with E-state index in [9.17, 15) is 0 Å². The Morgan fingerprint density at radius 2 is 1.96 bits per heavy atom. The number of aryl methyl sites for hydroxylation is 2. The van der Waals surface area contributed by atoms with Gasteiger partial charge in [-0.3, -0.25) is 4.68 Å². The summed E-state index contributed by atoms with van der Waals surface area (Å²) in [5.41, 5.74) is 10.2. The third-order valence-corrected chi connectivity index (χ3v) is 5.19. The largest absolute Gasteiger partial charge is 0.367 e. The molecule has 4 rings (SSSR count). The SMILES string of the molecule is Cc1cccc(Nc2ncc(-c3cnn(C)c3)c(NC3CCC(N)CC3)n2)c1. The Morgan fingerprint density at radius 1 is 1.14 bits per heavy atom. The highest BCUT2D eigenvalue weighted by atomic mass is 15.2. The molecule has 0 aliphatic heterocycles. The van der Waals surface area contributed by atoms with Crippen molar-refractivity contribution in [2.45, 2.75) is 44.7 Å². The summed E-state index contributed by atoms with van der Waals surface area (Å²) in [5, 5.41) is 11.2. The molecule has 1 aliphatic rings. The van der Waals surface area contributed by atoms with E-state index in [-0.39, 0.29) is 0 Å². The molecule has 146 valence electrons. The van der Waals surface area contributed by atoms with Crippen molar-refractivity contribution < 1.29 is 0 Å². The van der Waals surface area contributed by atoms with Gasteiger partial charge in [-0.25, -0.2) is 4.98 Å². The van der Waals surface area contributed by atoms with Gasteiger partial charge in [-0.2, -0.15) is 10.1 Å². The van der Waals surface area contributed by atoms with Gasteiger partial charge in [0.2, 0.25) is 5.95 Å². The summed E-state index contributed by atoms with van der Waals surface area (Å²) >= 11 is 0. The van der Waals surface area contributed by atoms with Gasteiger partial charge in [0, 0.05) is 48.3 Å². The van der Waals surface area contributed by atoms with Crippen LogP contribution in [0.5, 0.6) is 0 Å². The molecule has 1 aliphatic carbocycles. The Morgan fingerprint density at radius 3 is 2.68 bits per heavy atom. The first-order chi connectivity index (χ1) is 13.6. The molecule has 2 heterocycles. The van der Waals surface area contributed by atoms with Crippen LogP contribution in [0.4, 0.5) is 17.5 Å². The van der Waals surface area contributed by atoms with E-state index >= 15 is 0 Å². The van der Waals surface area contributed by atoms with Crippen LogP contribution in [0.1, 0.15) is 31.2 Å². The lowest BCUT2D eigenvalue weighted by atomic mass is 9.91. The van der Waals surface area contributed by atoms with Gasteiger partial charge in [-0.15, -0.1) is 0 Å². The van der Waals surface area contributed by atoms with E-state index in [0.717, 1.165) is 48.3 Å². The number of benzene rings is 1. The topological polar surface area (TPSA) is 93.7 Å². The van der Waals surface area contributed by atoms with Crippen molar-refractivity contribution in [3.05, 3.63) is 48.4 Å². The van der Waals surface area contributed by atoms with E-state index in [1.54, 1.807) is 4.68 Å². The monoisotopic (exact) mass is 377 g/mol. The second-order valence-corrected chi connectivity index (χ2v) is 7.61. The van der Waals surface area contributed by atoms with Gasteiger partial charge in [-0.05, 0) is 50.3 Å². The third-order valence-electron chi connectivity index (χ3n) is 5.19. The summed E-state index contributed by atoms with van der Waals surface area (Å²) in [5.74, 6) is 1.41. The molecule has 1 aromatic carbocycles.